The van der Waals surface area contributed by atoms with E-state index in [1.807, 2.05) is 17.5 Å². The highest BCUT2D eigenvalue weighted by Crippen LogP contribution is 2.21. The molecule has 0 radical (unpaired) electrons. The van der Waals surface area contributed by atoms with Gasteiger partial charge in [-0.15, -0.1) is 11.3 Å². The molecule has 0 saturated carbocycles. The van der Waals surface area contributed by atoms with E-state index in [0.717, 1.165) is 12.1 Å². The number of halogens is 2. The Hall–Kier alpha value is -1.30. The smallest absolute Gasteiger partial charge is 0.263 e. The molecular weight excluding hydrogens is 266 g/mol. The Morgan fingerprint density at radius 3 is 2.32 bits per heavy atom. The summed E-state index contributed by atoms with van der Waals surface area (Å²) in [6.07, 6.45) is -2.43. The maximum atomic E-state index is 12.5. The zero-order valence-electron chi connectivity index (χ0n) is 10.4. The fraction of sp³-hybridized carbons (Fsp3) is 0.286. The van der Waals surface area contributed by atoms with Crippen molar-refractivity contribution in [1.82, 2.24) is 5.32 Å². The molecule has 1 atom stereocenters. The largest absolute Gasteiger partial charge is 0.329 e. The van der Waals surface area contributed by atoms with Gasteiger partial charge in [-0.1, -0.05) is 30.3 Å². The fourth-order valence-electron chi connectivity index (χ4n) is 1.85. The summed E-state index contributed by atoms with van der Waals surface area (Å²) >= 11 is 1.67. The average Bonchev–Trinajstić information content (AvgIpc) is 2.93. The molecule has 1 aromatic carbocycles. The van der Waals surface area contributed by atoms with Crippen molar-refractivity contribution in [2.75, 3.05) is 6.54 Å². The summed E-state index contributed by atoms with van der Waals surface area (Å²) in [7, 11) is 0. The summed E-state index contributed by atoms with van der Waals surface area (Å²) in [6.45, 7) is 1.16. The van der Waals surface area contributed by atoms with Crippen LogP contribution < -0.4 is 11.1 Å². The molecule has 2 rings (SSSR count). The molecular formula is C14H16F2N2S. The van der Waals surface area contributed by atoms with Crippen molar-refractivity contribution in [3.63, 3.8) is 0 Å². The number of nitrogens with one attached hydrogen (secondary N) is 1. The van der Waals surface area contributed by atoms with Crippen LogP contribution in [0.2, 0.25) is 0 Å². The number of thiophene rings is 1. The summed E-state index contributed by atoms with van der Waals surface area (Å²) in [4.78, 5) is 1.22. The Balaban J connectivity index is 2.00. The summed E-state index contributed by atoms with van der Waals surface area (Å²) in [5.41, 5.74) is 6.71. The van der Waals surface area contributed by atoms with E-state index in [2.05, 4.69) is 5.32 Å². The minimum Gasteiger partial charge on any atom is -0.329 e. The van der Waals surface area contributed by atoms with Crippen molar-refractivity contribution in [2.45, 2.75) is 19.0 Å². The fourth-order valence-corrected chi connectivity index (χ4v) is 2.50. The monoisotopic (exact) mass is 282 g/mol. The van der Waals surface area contributed by atoms with Gasteiger partial charge in [0.15, 0.2) is 0 Å². The molecule has 1 unspecified atom stereocenters. The molecule has 5 heteroatoms. The van der Waals surface area contributed by atoms with Gasteiger partial charge in [0.2, 0.25) is 0 Å². The molecule has 102 valence electrons. The number of hydrogen-bond acceptors (Lipinski definition) is 3. The quantitative estimate of drug-likeness (QED) is 0.851. The van der Waals surface area contributed by atoms with E-state index < -0.39 is 6.43 Å². The Morgan fingerprint density at radius 1 is 1.11 bits per heavy atom. The van der Waals surface area contributed by atoms with Crippen LogP contribution in [0.25, 0.3) is 0 Å². The first-order valence-electron chi connectivity index (χ1n) is 6.04. The zero-order chi connectivity index (χ0) is 13.7. The van der Waals surface area contributed by atoms with E-state index >= 15 is 0 Å². The predicted octanol–water partition coefficient (Wildman–Crippen LogP) is 3.48. The lowest BCUT2D eigenvalue weighted by Gasteiger charge is -2.17. The van der Waals surface area contributed by atoms with Crippen LogP contribution in [0.5, 0.6) is 0 Å². The number of rotatable bonds is 6. The third-order valence-electron chi connectivity index (χ3n) is 2.93. The molecule has 0 aliphatic carbocycles. The maximum Gasteiger partial charge on any atom is 0.263 e. The number of hydrogen-bond donors (Lipinski definition) is 2. The lowest BCUT2D eigenvalue weighted by Crippen LogP contribution is -2.27. The normalized spacial score (nSPS) is 12.8. The van der Waals surface area contributed by atoms with Gasteiger partial charge in [0.1, 0.15) is 0 Å². The molecule has 0 aliphatic rings. The lowest BCUT2D eigenvalue weighted by atomic mass is 10.0. The Kier molecular flexibility index (Phi) is 5.01. The average molecular weight is 282 g/mol. The molecule has 2 nitrogen and oxygen atoms in total. The van der Waals surface area contributed by atoms with Crippen LogP contribution in [0.4, 0.5) is 8.78 Å². The van der Waals surface area contributed by atoms with E-state index in [4.69, 9.17) is 5.73 Å². The predicted molar refractivity (Wildman–Crippen MR) is 74.4 cm³/mol. The minimum atomic E-state index is -2.43. The third-order valence-corrected chi connectivity index (χ3v) is 3.81. The van der Waals surface area contributed by atoms with Crippen molar-refractivity contribution in [3.8, 4) is 0 Å². The van der Waals surface area contributed by atoms with Gasteiger partial charge in [0.25, 0.3) is 6.43 Å². The van der Waals surface area contributed by atoms with Gasteiger partial charge < -0.3 is 11.1 Å². The molecule has 0 aliphatic heterocycles. The summed E-state index contributed by atoms with van der Waals surface area (Å²) < 4.78 is 25.0. The summed E-state index contributed by atoms with van der Waals surface area (Å²) in [5, 5.41) is 5.35. The van der Waals surface area contributed by atoms with Crippen LogP contribution in [0, 0.1) is 0 Å². The van der Waals surface area contributed by atoms with E-state index in [0.29, 0.717) is 6.54 Å². The Labute approximate surface area is 115 Å². The van der Waals surface area contributed by atoms with Crippen molar-refractivity contribution in [2.24, 2.45) is 5.73 Å². The lowest BCUT2D eigenvalue weighted by molar-refractivity contribution is 0.151. The first-order chi connectivity index (χ1) is 9.20. The third kappa shape index (κ3) is 3.83. The zero-order valence-corrected chi connectivity index (χ0v) is 11.2. The van der Waals surface area contributed by atoms with Gasteiger partial charge in [0, 0.05) is 29.6 Å². The highest BCUT2D eigenvalue weighted by molar-refractivity contribution is 7.09. The highest BCUT2D eigenvalue weighted by Gasteiger charge is 2.11. The molecule has 19 heavy (non-hydrogen) atoms. The topological polar surface area (TPSA) is 38.0 Å². The van der Waals surface area contributed by atoms with E-state index in [1.54, 1.807) is 23.5 Å². The van der Waals surface area contributed by atoms with Crippen molar-refractivity contribution >= 4 is 11.3 Å². The molecule has 0 fully saturated rings. The molecule has 0 bridgehead atoms. The van der Waals surface area contributed by atoms with Gasteiger partial charge in [-0.3, -0.25) is 0 Å². The number of benzene rings is 1. The first-order valence-corrected chi connectivity index (χ1v) is 6.92. The highest BCUT2D eigenvalue weighted by atomic mass is 32.1. The van der Waals surface area contributed by atoms with Crippen LogP contribution in [-0.4, -0.2) is 6.54 Å². The van der Waals surface area contributed by atoms with Crippen molar-refractivity contribution < 1.29 is 8.78 Å². The second-order valence-electron chi connectivity index (χ2n) is 4.22. The van der Waals surface area contributed by atoms with Crippen LogP contribution >= 0.6 is 11.3 Å². The van der Waals surface area contributed by atoms with Crippen LogP contribution in [0.3, 0.4) is 0 Å². The first kappa shape index (κ1) is 14.1. The van der Waals surface area contributed by atoms with E-state index in [-0.39, 0.29) is 11.6 Å². The van der Waals surface area contributed by atoms with Gasteiger partial charge in [-0.05, 0) is 17.0 Å². The SMILES string of the molecule is NCC(NCc1cccs1)c1ccc(C(F)F)cc1. The van der Waals surface area contributed by atoms with Crippen molar-refractivity contribution in [3.05, 3.63) is 57.8 Å². The van der Waals surface area contributed by atoms with Crippen LogP contribution in [0.15, 0.2) is 41.8 Å². The minimum absolute atomic E-state index is 0.0196. The summed E-state index contributed by atoms with van der Waals surface area (Å²) in [5.74, 6) is 0. The Bertz CT molecular complexity index is 483. The van der Waals surface area contributed by atoms with E-state index in [1.165, 1.54) is 17.0 Å². The molecule has 1 heterocycles. The second kappa shape index (κ2) is 6.75. The number of alkyl halides is 2. The number of nitrogens with two attached hydrogens (primary N) is 1. The van der Waals surface area contributed by atoms with Gasteiger partial charge in [-0.2, -0.15) is 0 Å². The molecule has 2 aromatic rings. The standard InChI is InChI=1S/C14H16F2N2S/c15-14(16)11-5-3-10(4-6-11)13(8-17)18-9-12-2-1-7-19-12/h1-7,13-14,18H,8-9,17H2. The van der Waals surface area contributed by atoms with Crippen LogP contribution in [-0.2, 0) is 6.54 Å². The van der Waals surface area contributed by atoms with Gasteiger partial charge in [-0.25, -0.2) is 8.78 Å². The molecule has 0 saturated heterocycles. The van der Waals surface area contributed by atoms with Crippen molar-refractivity contribution in [1.29, 1.82) is 0 Å². The molecule has 3 N–H and O–H groups in total. The summed E-state index contributed by atoms with van der Waals surface area (Å²) in [6, 6.07) is 10.3. The maximum absolute atomic E-state index is 12.5. The van der Waals surface area contributed by atoms with E-state index in [9.17, 15) is 8.78 Å². The molecule has 1 aromatic heterocycles. The Morgan fingerprint density at radius 2 is 1.79 bits per heavy atom. The van der Waals surface area contributed by atoms with Gasteiger partial charge >= 0.3 is 0 Å². The molecule has 0 amide bonds. The molecule has 0 spiro atoms. The second-order valence-corrected chi connectivity index (χ2v) is 5.25. The van der Waals surface area contributed by atoms with Gasteiger partial charge in [0.05, 0.1) is 0 Å². The van der Waals surface area contributed by atoms with Crippen LogP contribution in [0.1, 0.15) is 28.5 Å².